The van der Waals surface area contributed by atoms with Gasteiger partial charge >= 0.3 is 0 Å². The van der Waals surface area contributed by atoms with Crippen molar-refractivity contribution >= 4 is 23.5 Å². The molecule has 0 aliphatic rings. The van der Waals surface area contributed by atoms with Crippen LogP contribution in [-0.2, 0) is 6.54 Å². The minimum atomic E-state index is -0.445. The number of aryl methyl sites for hydroxylation is 1. The van der Waals surface area contributed by atoms with Crippen molar-refractivity contribution in [3.63, 3.8) is 0 Å². The number of carbonyl (C=O) groups excluding carboxylic acids is 1. The minimum absolute atomic E-state index is 0.0340. The van der Waals surface area contributed by atoms with Gasteiger partial charge in [-0.05, 0) is 30.7 Å². The molecule has 0 aliphatic heterocycles. The van der Waals surface area contributed by atoms with Crippen LogP contribution in [0.5, 0.6) is 5.75 Å². The second-order valence-corrected chi connectivity index (χ2v) is 5.61. The Balaban J connectivity index is 1.97. The van der Waals surface area contributed by atoms with Gasteiger partial charge in [-0.15, -0.1) is 0 Å². The summed E-state index contributed by atoms with van der Waals surface area (Å²) in [6, 6.07) is 5.17. The normalized spacial score (nSPS) is 11.4. The summed E-state index contributed by atoms with van der Waals surface area (Å²) in [5.74, 6) is 0.492. The maximum absolute atomic E-state index is 12.0. The Morgan fingerprint density at radius 3 is 2.96 bits per heavy atom. The summed E-state index contributed by atoms with van der Waals surface area (Å²) in [5, 5.41) is 15.3. The first kappa shape index (κ1) is 18.8. The van der Waals surface area contributed by atoms with Crippen molar-refractivity contribution in [2.24, 2.45) is 10.7 Å². The lowest BCUT2D eigenvalue weighted by molar-refractivity contribution is 0.0975. The third-order valence-corrected chi connectivity index (χ3v) is 3.39. The number of halogens is 1. The number of nitrogens with zero attached hydrogens (tertiary/aromatic N) is 2. The molecule has 8 nitrogen and oxygen atoms in total. The molecule has 2 rings (SSSR count). The Morgan fingerprint density at radius 1 is 1.48 bits per heavy atom. The van der Waals surface area contributed by atoms with Gasteiger partial charge in [0.15, 0.2) is 5.96 Å². The quantitative estimate of drug-likeness (QED) is 0.389. The second kappa shape index (κ2) is 9.05. The number of hydrogen-bond donors (Lipinski definition) is 3. The van der Waals surface area contributed by atoms with Gasteiger partial charge in [0.05, 0.1) is 19.3 Å². The van der Waals surface area contributed by atoms with E-state index in [9.17, 15) is 4.79 Å². The van der Waals surface area contributed by atoms with E-state index in [0.717, 1.165) is 5.56 Å². The maximum atomic E-state index is 12.0. The molecule has 1 heterocycles. The summed E-state index contributed by atoms with van der Waals surface area (Å²) >= 11 is 6.05. The molecule has 4 N–H and O–H groups in total. The van der Waals surface area contributed by atoms with E-state index in [4.69, 9.17) is 31.7 Å². The van der Waals surface area contributed by atoms with Crippen LogP contribution in [0.15, 0.2) is 33.9 Å². The van der Waals surface area contributed by atoms with E-state index in [1.54, 1.807) is 25.1 Å². The molecule has 0 atom stereocenters. The fourth-order valence-electron chi connectivity index (χ4n) is 1.97. The molecule has 1 amide bonds. The number of nitrogens with one attached hydrogen (secondary N) is 1. The van der Waals surface area contributed by atoms with E-state index >= 15 is 0 Å². The number of aromatic nitrogens is 1. The summed E-state index contributed by atoms with van der Waals surface area (Å²) in [7, 11) is 0. The lowest BCUT2D eigenvalue weighted by atomic mass is 10.2. The second-order valence-electron chi connectivity index (χ2n) is 5.17. The first-order valence-corrected chi connectivity index (χ1v) is 7.93. The van der Waals surface area contributed by atoms with Gasteiger partial charge in [0.25, 0.3) is 5.91 Å². The number of aliphatic hydroxyl groups excluding tert-OH is 1. The molecule has 1 aromatic carbocycles. The van der Waals surface area contributed by atoms with Crippen LogP contribution >= 0.6 is 11.6 Å². The molecule has 0 aliphatic carbocycles. The van der Waals surface area contributed by atoms with Gasteiger partial charge in [0, 0.05) is 18.1 Å². The molecule has 0 saturated heterocycles. The third-order valence-electron chi connectivity index (χ3n) is 3.17. The van der Waals surface area contributed by atoms with Crippen molar-refractivity contribution < 1.29 is 19.2 Å². The van der Waals surface area contributed by atoms with E-state index in [1.807, 2.05) is 0 Å². The zero-order valence-corrected chi connectivity index (χ0v) is 14.4. The number of rotatable bonds is 7. The van der Waals surface area contributed by atoms with Crippen molar-refractivity contribution in [3.05, 3.63) is 46.3 Å². The summed E-state index contributed by atoms with van der Waals surface area (Å²) in [6.07, 6.45) is 1.84. The first-order valence-electron chi connectivity index (χ1n) is 7.55. The third kappa shape index (κ3) is 5.77. The number of amides is 1. The number of hydrogen-bond acceptors (Lipinski definition) is 6. The smallest absolute Gasteiger partial charge is 0.263 e. The van der Waals surface area contributed by atoms with Crippen LogP contribution in [0.2, 0.25) is 5.02 Å². The molecule has 1 aromatic heterocycles. The summed E-state index contributed by atoms with van der Waals surface area (Å²) < 4.78 is 10.3. The van der Waals surface area contributed by atoms with Crippen LogP contribution in [0.25, 0.3) is 0 Å². The Morgan fingerprint density at radius 2 is 2.28 bits per heavy atom. The van der Waals surface area contributed by atoms with Crippen molar-refractivity contribution in [2.45, 2.75) is 19.9 Å². The van der Waals surface area contributed by atoms with Gasteiger partial charge in [-0.3, -0.25) is 10.1 Å². The highest BCUT2D eigenvalue weighted by molar-refractivity contribution is 6.30. The highest BCUT2D eigenvalue weighted by Crippen LogP contribution is 2.21. The fourth-order valence-corrected chi connectivity index (χ4v) is 2.21. The average molecular weight is 367 g/mol. The molecule has 0 bridgehead atoms. The highest BCUT2D eigenvalue weighted by Gasteiger charge is 2.13. The standard InChI is InChI=1S/C16H19ClN4O4/c1-10-14(9-20-25-10)15(23)21-16(18)19-8-11-5-12(17)7-13(6-11)24-4-2-3-22/h5-7,9,22H,2-4,8H2,1H3,(H3,18,19,21,23). The molecule has 9 heteroatoms. The van der Waals surface area contributed by atoms with E-state index in [1.165, 1.54) is 6.20 Å². The highest BCUT2D eigenvalue weighted by atomic mass is 35.5. The summed E-state index contributed by atoms with van der Waals surface area (Å²) in [6.45, 7) is 2.28. The van der Waals surface area contributed by atoms with Crippen LogP contribution in [0, 0.1) is 6.92 Å². The van der Waals surface area contributed by atoms with Crippen LogP contribution in [-0.4, -0.2) is 35.3 Å². The summed E-state index contributed by atoms with van der Waals surface area (Å²) in [4.78, 5) is 16.1. The molecule has 0 saturated carbocycles. The SMILES string of the molecule is Cc1oncc1C(=O)NC(N)=NCc1cc(Cl)cc(OCCCO)c1. The molecular weight excluding hydrogens is 348 g/mol. The Kier molecular flexibility index (Phi) is 6.79. The number of benzene rings is 1. The Labute approximate surface area is 149 Å². The maximum Gasteiger partial charge on any atom is 0.263 e. The molecule has 134 valence electrons. The molecule has 0 unspecified atom stereocenters. The zero-order chi connectivity index (χ0) is 18.2. The van der Waals surface area contributed by atoms with E-state index in [0.29, 0.717) is 35.1 Å². The fraction of sp³-hybridized carbons (Fsp3) is 0.312. The largest absolute Gasteiger partial charge is 0.493 e. The molecule has 0 spiro atoms. The van der Waals surface area contributed by atoms with Crippen molar-refractivity contribution in [2.75, 3.05) is 13.2 Å². The number of guanidine groups is 1. The average Bonchev–Trinajstić information content (AvgIpc) is 2.99. The van der Waals surface area contributed by atoms with Crippen molar-refractivity contribution in [1.82, 2.24) is 10.5 Å². The van der Waals surface area contributed by atoms with E-state index in [2.05, 4.69) is 15.5 Å². The number of aliphatic imine (C=N–C) groups is 1. The van der Waals surface area contributed by atoms with Gasteiger partial charge in [-0.1, -0.05) is 16.8 Å². The zero-order valence-electron chi connectivity index (χ0n) is 13.7. The monoisotopic (exact) mass is 366 g/mol. The molecule has 0 radical (unpaired) electrons. The lowest BCUT2D eigenvalue weighted by Gasteiger charge is -2.08. The van der Waals surface area contributed by atoms with Gasteiger partial charge in [-0.25, -0.2) is 4.99 Å². The van der Waals surface area contributed by atoms with Gasteiger partial charge in [-0.2, -0.15) is 0 Å². The Bertz CT molecular complexity index is 760. The van der Waals surface area contributed by atoms with Crippen LogP contribution in [0.4, 0.5) is 0 Å². The number of ether oxygens (including phenoxy) is 1. The predicted molar refractivity (Wildman–Crippen MR) is 92.7 cm³/mol. The molecule has 2 aromatic rings. The number of carbonyl (C=O) groups is 1. The summed E-state index contributed by atoms with van der Waals surface area (Å²) in [5.41, 5.74) is 6.79. The van der Waals surface area contributed by atoms with Gasteiger partial charge in [0.2, 0.25) is 0 Å². The molecular formula is C16H19ClN4O4. The van der Waals surface area contributed by atoms with Gasteiger partial charge in [0.1, 0.15) is 17.1 Å². The topological polar surface area (TPSA) is 123 Å². The van der Waals surface area contributed by atoms with Crippen molar-refractivity contribution in [1.29, 1.82) is 0 Å². The van der Waals surface area contributed by atoms with Crippen LogP contribution in [0.3, 0.4) is 0 Å². The van der Waals surface area contributed by atoms with Crippen molar-refractivity contribution in [3.8, 4) is 5.75 Å². The number of aliphatic hydroxyl groups is 1. The lowest BCUT2D eigenvalue weighted by Crippen LogP contribution is -2.36. The Hall–Kier alpha value is -2.58. The van der Waals surface area contributed by atoms with E-state index < -0.39 is 5.91 Å². The minimum Gasteiger partial charge on any atom is -0.493 e. The molecule has 25 heavy (non-hydrogen) atoms. The van der Waals surface area contributed by atoms with E-state index in [-0.39, 0.29) is 19.1 Å². The van der Waals surface area contributed by atoms with Crippen LogP contribution < -0.4 is 15.8 Å². The van der Waals surface area contributed by atoms with Crippen LogP contribution in [0.1, 0.15) is 28.1 Å². The molecule has 0 fully saturated rings. The first-order chi connectivity index (χ1) is 12.0. The number of nitrogens with two attached hydrogens (primary N) is 1. The predicted octanol–water partition coefficient (Wildman–Crippen LogP) is 1.64. The van der Waals surface area contributed by atoms with Gasteiger partial charge < -0.3 is 20.1 Å².